The molecule has 4 unspecified atom stereocenters. The first-order chi connectivity index (χ1) is 18.7. The van der Waals surface area contributed by atoms with E-state index in [2.05, 4.69) is 105 Å². The van der Waals surface area contributed by atoms with Crippen molar-refractivity contribution in [1.82, 2.24) is 9.34 Å². The van der Waals surface area contributed by atoms with Gasteiger partial charge in [-0.2, -0.15) is 5.26 Å². The fraction of sp³-hybridized carbons (Fsp3) is 0.971. The van der Waals surface area contributed by atoms with Crippen LogP contribution in [0.25, 0.3) is 0 Å². The average molecular weight is 582 g/mol. The lowest BCUT2D eigenvalue weighted by Gasteiger charge is -2.45. The maximum atomic E-state index is 9.96. The third kappa shape index (κ3) is 17.7. The molecule has 4 nitrogen and oxygen atoms in total. The number of nitriles is 1. The second-order valence-electron chi connectivity index (χ2n) is 14.6. The third-order valence-electron chi connectivity index (χ3n) is 8.36. The van der Waals surface area contributed by atoms with Crippen molar-refractivity contribution in [2.45, 2.75) is 185 Å². The van der Waals surface area contributed by atoms with Crippen molar-refractivity contribution in [2.24, 2.45) is 29.6 Å². The highest BCUT2D eigenvalue weighted by atomic mass is 31.2. The summed E-state index contributed by atoms with van der Waals surface area (Å²) in [6.07, 6.45) is 14.4. The predicted molar refractivity (Wildman–Crippen MR) is 179 cm³/mol. The van der Waals surface area contributed by atoms with Crippen molar-refractivity contribution in [3.63, 3.8) is 0 Å². The van der Waals surface area contributed by atoms with Crippen molar-refractivity contribution >= 4 is 8.45 Å². The summed E-state index contributed by atoms with van der Waals surface area (Å²) in [5.41, 5.74) is 0. The van der Waals surface area contributed by atoms with Crippen molar-refractivity contribution in [3.8, 4) is 6.07 Å². The van der Waals surface area contributed by atoms with Gasteiger partial charge in [0.1, 0.15) is 0 Å². The Morgan fingerprint density at radius 1 is 0.525 bits per heavy atom. The van der Waals surface area contributed by atoms with E-state index in [9.17, 15) is 5.26 Å². The molecule has 0 N–H and O–H groups in total. The predicted octanol–water partition coefficient (Wildman–Crippen LogP) is 11.5. The van der Waals surface area contributed by atoms with E-state index < -0.39 is 8.45 Å². The molecule has 0 saturated carbocycles. The molecule has 0 aliphatic carbocycles. The minimum atomic E-state index is -0.927. The Morgan fingerprint density at radius 3 is 1.20 bits per heavy atom. The van der Waals surface area contributed by atoms with Gasteiger partial charge in [-0.15, -0.1) is 0 Å². The minimum Gasteiger partial charge on any atom is -0.330 e. The molecule has 0 fully saturated rings. The molecule has 5 heteroatoms. The Labute approximate surface area is 254 Å². The second kappa shape index (κ2) is 22.4. The molecule has 0 aromatic carbocycles. The molecular formula is C35H72N3OP. The molecule has 0 aromatic heterocycles. The average Bonchev–Trinajstić information content (AvgIpc) is 2.82. The van der Waals surface area contributed by atoms with Crippen LogP contribution in [0.1, 0.15) is 161 Å². The van der Waals surface area contributed by atoms with E-state index in [0.29, 0.717) is 36.7 Å². The van der Waals surface area contributed by atoms with Gasteiger partial charge in [-0.05, 0) is 91.9 Å². The second-order valence-corrected chi connectivity index (χ2v) is 16.3. The molecule has 0 aliphatic heterocycles. The van der Waals surface area contributed by atoms with Gasteiger partial charge in [0.15, 0.2) is 8.45 Å². The molecule has 0 bridgehead atoms. The summed E-state index contributed by atoms with van der Waals surface area (Å²) in [6, 6.07) is 4.16. The molecule has 0 spiro atoms. The summed E-state index contributed by atoms with van der Waals surface area (Å²) in [6.45, 7) is 30.6. The standard InChI is InChI=1S/C35H72N3OP/c1-27(2)17-14-18-32(11)19-15-20-33(12)21-16-22-34(13)23-24-35(25-36)26-39-40(37(28(3)4)29(5)6)38(30(7)8)31(9)10/h27-35H,14-24,26H2,1-13H3. The van der Waals surface area contributed by atoms with Crippen LogP contribution in [0.15, 0.2) is 0 Å². The van der Waals surface area contributed by atoms with Gasteiger partial charge in [-0.1, -0.05) is 92.4 Å². The van der Waals surface area contributed by atoms with Gasteiger partial charge in [0.05, 0.1) is 18.6 Å². The van der Waals surface area contributed by atoms with Crippen molar-refractivity contribution in [2.75, 3.05) is 6.61 Å². The number of hydrogen-bond acceptors (Lipinski definition) is 4. The Balaban J connectivity index is 4.58. The first kappa shape index (κ1) is 39.8. The van der Waals surface area contributed by atoms with Crippen molar-refractivity contribution < 1.29 is 4.52 Å². The van der Waals surface area contributed by atoms with E-state index in [-0.39, 0.29) is 5.92 Å². The highest BCUT2D eigenvalue weighted by Gasteiger charge is 2.35. The lowest BCUT2D eigenvalue weighted by Crippen LogP contribution is -2.43. The Hall–Kier alpha value is -0.200. The first-order valence-electron chi connectivity index (χ1n) is 17.1. The summed E-state index contributed by atoms with van der Waals surface area (Å²) < 4.78 is 11.7. The lowest BCUT2D eigenvalue weighted by molar-refractivity contribution is 0.174. The molecule has 0 rings (SSSR count). The number of rotatable bonds is 24. The molecule has 0 aromatic rings. The molecule has 40 heavy (non-hydrogen) atoms. The first-order valence-corrected chi connectivity index (χ1v) is 18.3. The summed E-state index contributed by atoms with van der Waals surface area (Å²) >= 11 is 0. The minimum absolute atomic E-state index is 0.0312. The van der Waals surface area contributed by atoms with Crippen LogP contribution >= 0.6 is 8.45 Å². The van der Waals surface area contributed by atoms with Gasteiger partial charge in [0.25, 0.3) is 0 Å². The molecular weight excluding hydrogens is 509 g/mol. The zero-order chi connectivity index (χ0) is 30.8. The molecule has 0 saturated heterocycles. The van der Waals surface area contributed by atoms with Crippen LogP contribution in [0, 0.1) is 40.9 Å². The number of nitrogens with zero attached hydrogens (tertiary/aromatic N) is 3. The summed E-state index contributed by atoms with van der Waals surface area (Å²) in [4.78, 5) is 0. The Kier molecular flexibility index (Phi) is 22.2. The quantitative estimate of drug-likeness (QED) is 0.106. The Bertz CT molecular complexity index is 609. The SMILES string of the molecule is CC(C)CCCC(C)CCCC(C)CCCC(C)CCC(C#N)COP(N(C(C)C)C(C)C)N(C(C)C)C(C)C. The number of hydrogen-bond donors (Lipinski definition) is 0. The zero-order valence-corrected chi connectivity index (χ0v) is 30.3. The smallest absolute Gasteiger partial charge is 0.188 e. The van der Waals surface area contributed by atoms with Crippen LogP contribution in [0.2, 0.25) is 0 Å². The molecule has 238 valence electrons. The van der Waals surface area contributed by atoms with Gasteiger partial charge < -0.3 is 4.52 Å². The largest absolute Gasteiger partial charge is 0.330 e. The molecule has 0 amide bonds. The van der Waals surface area contributed by atoms with Gasteiger partial charge in [-0.3, -0.25) is 0 Å². The summed E-state index contributed by atoms with van der Waals surface area (Å²) in [7, 11) is -0.927. The van der Waals surface area contributed by atoms with E-state index >= 15 is 0 Å². The highest BCUT2D eigenvalue weighted by Crippen LogP contribution is 2.51. The van der Waals surface area contributed by atoms with Crippen LogP contribution < -0.4 is 0 Å². The maximum Gasteiger partial charge on any atom is 0.188 e. The molecule has 0 radical (unpaired) electrons. The van der Waals surface area contributed by atoms with Gasteiger partial charge in [-0.25, -0.2) is 9.34 Å². The summed E-state index contributed by atoms with van der Waals surface area (Å²) in [5, 5.41) is 9.96. The molecule has 4 atom stereocenters. The van der Waals surface area contributed by atoms with Crippen molar-refractivity contribution in [1.29, 1.82) is 5.26 Å². The van der Waals surface area contributed by atoms with E-state index in [4.69, 9.17) is 4.52 Å². The lowest BCUT2D eigenvalue weighted by atomic mass is 9.90. The van der Waals surface area contributed by atoms with E-state index in [0.717, 1.165) is 30.6 Å². The van der Waals surface area contributed by atoms with Gasteiger partial charge in [0.2, 0.25) is 0 Å². The van der Waals surface area contributed by atoms with Crippen LogP contribution in [-0.4, -0.2) is 40.1 Å². The highest BCUT2D eigenvalue weighted by molar-refractivity contribution is 7.47. The normalized spacial score (nSPS) is 15.8. The fourth-order valence-electron chi connectivity index (χ4n) is 6.00. The van der Waals surface area contributed by atoms with Gasteiger partial charge >= 0.3 is 0 Å². The van der Waals surface area contributed by atoms with E-state index in [1.54, 1.807) is 0 Å². The van der Waals surface area contributed by atoms with Crippen LogP contribution in [0.5, 0.6) is 0 Å². The molecule has 0 aliphatic rings. The fourth-order valence-corrected chi connectivity index (χ4v) is 8.40. The monoisotopic (exact) mass is 582 g/mol. The van der Waals surface area contributed by atoms with Crippen LogP contribution in [-0.2, 0) is 4.52 Å². The third-order valence-corrected chi connectivity index (χ3v) is 11.4. The Morgan fingerprint density at radius 2 is 0.875 bits per heavy atom. The van der Waals surface area contributed by atoms with Crippen LogP contribution in [0.3, 0.4) is 0 Å². The van der Waals surface area contributed by atoms with Crippen LogP contribution in [0.4, 0.5) is 0 Å². The zero-order valence-electron chi connectivity index (χ0n) is 29.4. The van der Waals surface area contributed by atoms with Gasteiger partial charge in [0, 0.05) is 24.2 Å². The van der Waals surface area contributed by atoms with Crippen molar-refractivity contribution in [3.05, 3.63) is 0 Å². The van der Waals surface area contributed by atoms with E-state index in [1.807, 2.05) is 0 Å². The topological polar surface area (TPSA) is 39.5 Å². The van der Waals surface area contributed by atoms with E-state index in [1.165, 1.54) is 57.8 Å². The summed E-state index contributed by atoms with van der Waals surface area (Å²) in [5.74, 6) is 3.21. The maximum absolute atomic E-state index is 9.96. The molecule has 0 heterocycles.